The molecule has 50 heavy (non-hydrogen) atoms. The van der Waals surface area contributed by atoms with Gasteiger partial charge in [0, 0.05) is 33.8 Å². The summed E-state index contributed by atoms with van der Waals surface area (Å²) < 4.78 is 6.75. The Labute approximate surface area is 295 Å². The molecule has 1 aromatic heterocycles. The van der Waals surface area contributed by atoms with E-state index in [1.807, 2.05) is 72.8 Å². The molecule has 0 atom stereocenters. The molecular weight excluding hydrogens is 615 g/mol. The number of hydrogen-bond donors (Lipinski definition) is 1. The number of rotatable bonds is 7. The third-order valence-corrected chi connectivity index (χ3v) is 9.49. The Kier molecular flexibility index (Phi) is 8.13. The van der Waals surface area contributed by atoms with E-state index in [9.17, 15) is 4.79 Å². The molecule has 1 aliphatic rings. The van der Waals surface area contributed by atoms with Crippen molar-refractivity contribution in [1.82, 2.24) is 9.97 Å². The Hall–Kier alpha value is -5.29. The fraction of sp³-hybridized carbons (Fsp3) is 0.267. The summed E-state index contributed by atoms with van der Waals surface area (Å²) in [5.41, 5.74) is 8.38. The summed E-state index contributed by atoms with van der Waals surface area (Å²) in [6, 6.07) is 36.3. The maximum atomic E-state index is 14.4. The first kappa shape index (κ1) is 33.2. The zero-order valence-corrected chi connectivity index (χ0v) is 30.3. The topological polar surface area (TPSA) is 64.1 Å². The number of hydrogen-bond acceptors (Lipinski definition) is 5. The summed E-state index contributed by atoms with van der Waals surface area (Å²) >= 11 is 0. The standard InChI is InChI=1S/C45H45N3O2/c1-43(2,3)27-45(7,8)30-22-24-32(25-23-30)50-36-26-35(46-31-14-10-9-11-15-31)37-38-39(33-16-12-13-17-34(33)41(37)49)47-42(48-40(36)38)28-18-20-29(21-19-28)44(4,5)6/h9-26,46H,27H2,1-8H3. The predicted octanol–water partition coefficient (Wildman–Crippen LogP) is 12.1. The zero-order chi connectivity index (χ0) is 35.4. The van der Waals surface area contributed by atoms with Crippen LogP contribution in [-0.4, -0.2) is 15.8 Å². The van der Waals surface area contributed by atoms with Crippen LogP contribution in [0.25, 0.3) is 33.5 Å². The summed E-state index contributed by atoms with van der Waals surface area (Å²) in [6.07, 6.45) is 1.05. The number of anilines is 2. The second kappa shape index (κ2) is 12.2. The van der Waals surface area contributed by atoms with Gasteiger partial charge in [0.25, 0.3) is 0 Å². The number of ketones is 1. The number of ether oxygens (including phenoxy) is 1. The molecule has 1 heterocycles. The normalized spacial score (nSPS) is 12.9. The smallest absolute Gasteiger partial charge is 0.196 e. The maximum absolute atomic E-state index is 14.4. The highest BCUT2D eigenvalue weighted by Crippen LogP contribution is 2.47. The minimum atomic E-state index is -0.0700. The highest BCUT2D eigenvalue weighted by atomic mass is 16.5. The highest BCUT2D eigenvalue weighted by Gasteiger charge is 2.33. The van der Waals surface area contributed by atoms with Gasteiger partial charge in [0.2, 0.25) is 0 Å². The second-order valence-corrected chi connectivity index (χ2v) is 16.4. The number of fused-ring (bicyclic) bond motifs is 2. The van der Waals surface area contributed by atoms with Gasteiger partial charge in [-0.05, 0) is 58.1 Å². The van der Waals surface area contributed by atoms with Crippen LogP contribution in [0.5, 0.6) is 11.5 Å². The third-order valence-electron chi connectivity index (χ3n) is 9.49. The van der Waals surface area contributed by atoms with Crippen LogP contribution in [0.1, 0.15) is 88.9 Å². The number of para-hydroxylation sites is 1. The van der Waals surface area contributed by atoms with Crippen molar-refractivity contribution in [2.75, 3.05) is 5.32 Å². The Morgan fingerprint density at radius 1 is 0.680 bits per heavy atom. The van der Waals surface area contributed by atoms with Gasteiger partial charge in [-0.15, -0.1) is 0 Å². The SMILES string of the molecule is CC(C)(C)CC(C)(C)c1ccc(Oc2cc(Nc3ccccc3)c3c4c(nc(-c5ccc(C(C)(C)C)cc5)nc24)-c2ccccc2C3=O)cc1. The molecule has 0 aliphatic heterocycles. The molecule has 7 rings (SSSR count). The molecule has 1 N–H and O–H groups in total. The van der Waals surface area contributed by atoms with Crippen LogP contribution in [0.4, 0.5) is 11.4 Å². The largest absolute Gasteiger partial charge is 0.455 e. The van der Waals surface area contributed by atoms with E-state index in [0.717, 1.165) is 28.9 Å². The first-order valence-corrected chi connectivity index (χ1v) is 17.4. The molecule has 5 heteroatoms. The van der Waals surface area contributed by atoms with Crippen LogP contribution in [0.15, 0.2) is 109 Å². The summed E-state index contributed by atoms with van der Waals surface area (Å²) in [5, 5.41) is 4.21. The van der Waals surface area contributed by atoms with Crippen LogP contribution in [0.2, 0.25) is 0 Å². The van der Waals surface area contributed by atoms with E-state index in [4.69, 9.17) is 14.7 Å². The maximum Gasteiger partial charge on any atom is 0.196 e. The highest BCUT2D eigenvalue weighted by molar-refractivity contribution is 6.28. The molecule has 5 aromatic carbocycles. The summed E-state index contributed by atoms with van der Waals surface area (Å²) in [5.74, 6) is 1.75. The van der Waals surface area contributed by atoms with Crippen molar-refractivity contribution in [2.45, 2.75) is 72.6 Å². The van der Waals surface area contributed by atoms with Gasteiger partial charge in [-0.25, -0.2) is 9.97 Å². The van der Waals surface area contributed by atoms with Crippen LogP contribution < -0.4 is 10.1 Å². The van der Waals surface area contributed by atoms with Crippen LogP contribution >= 0.6 is 0 Å². The minimum absolute atomic E-state index is 0.00220. The average Bonchev–Trinajstić information content (AvgIpc) is 3.07. The van der Waals surface area contributed by atoms with Gasteiger partial charge in [0.15, 0.2) is 17.4 Å². The minimum Gasteiger partial charge on any atom is -0.455 e. The van der Waals surface area contributed by atoms with Gasteiger partial charge >= 0.3 is 0 Å². The fourth-order valence-electron chi connectivity index (χ4n) is 7.37. The van der Waals surface area contributed by atoms with Crippen molar-refractivity contribution in [3.8, 4) is 34.1 Å². The molecule has 252 valence electrons. The number of benzene rings is 5. The van der Waals surface area contributed by atoms with E-state index >= 15 is 0 Å². The Morgan fingerprint density at radius 3 is 1.94 bits per heavy atom. The number of nitrogens with one attached hydrogen (secondary N) is 1. The lowest BCUT2D eigenvalue weighted by molar-refractivity contribution is 0.104. The van der Waals surface area contributed by atoms with Gasteiger partial charge in [-0.2, -0.15) is 0 Å². The second-order valence-electron chi connectivity index (χ2n) is 16.4. The van der Waals surface area contributed by atoms with Crippen molar-refractivity contribution in [1.29, 1.82) is 0 Å². The molecule has 0 amide bonds. The molecule has 0 spiro atoms. The lowest BCUT2D eigenvalue weighted by atomic mass is 9.72. The third kappa shape index (κ3) is 6.40. The molecule has 0 radical (unpaired) electrons. The van der Waals surface area contributed by atoms with E-state index in [0.29, 0.717) is 45.0 Å². The first-order valence-electron chi connectivity index (χ1n) is 17.4. The number of carbonyl (C=O) groups is 1. The number of nitrogens with zero attached hydrogens (tertiary/aromatic N) is 2. The lowest BCUT2D eigenvalue weighted by Crippen LogP contribution is -2.24. The van der Waals surface area contributed by atoms with Crippen molar-refractivity contribution in [2.24, 2.45) is 5.41 Å². The monoisotopic (exact) mass is 659 g/mol. The molecule has 0 bridgehead atoms. The van der Waals surface area contributed by atoms with E-state index in [1.54, 1.807) is 0 Å². The molecule has 0 unspecified atom stereocenters. The van der Waals surface area contributed by atoms with Gasteiger partial charge in [-0.3, -0.25) is 4.79 Å². The van der Waals surface area contributed by atoms with Crippen LogP contribution in [-0.2, 0) is 10.8 Å². The molecule has 5 nitrogen and oxygen atoms in total. The van der Waals surface area contributed by atoms with E-state index < -0.39 is 0 Å². The van der Waals surface area contributed by atoms with Crippen LogP contribution in [0, 0.1) is 5.41 Å². The Bertz CT molecular complexity index is 2220. The molecule has 0 saturated carbocycles. The molecule has 0 saturated heterocycles. The van der Waals surface area contributed by atoms with Crippen molar-refractivity contribution >= 4 is 28.1 Å². The predicted molar refractivity (Wildman–Crippen MR) is 206 cm³/mol. The summed E-state index contributed by atoms with van der Waals surface area (Å²) in [7, 11) is 0. The summed E-state index contributed by atoms with van der Waals surface area (Å²) in [6.45, 7) is 18.0. The van der Waals surface area contributed by atoms with Crippen molar-refractivity contribution < 1.29 is 9.53 Å². The fourth-order valence-corrected chi connectivity index (χ4v) is 7.37. The zero-order valence-electron chi connectivity index (χ0n) is 30.3. The number of carbonyl (C=O) groups excluding carboxylic acids is 1. The molecule has 0 fully saturated rings. The van der Waals surface area contributed by atoms with Gasteiger partial charge in [0.05, 0.1) is 16.9 Å². The van der Waals surface area contributed by atoms with E-state index in [-0.39, 0.29) is 22.0 Å². The average molecular weight is 660 g/mol. The van der Waals surface area contributed by atoms with Crippen molar-refractivity contribution in [3.63, 3.8) is 0 Å². The number of aromatic nitrogens is 2. The molecule has 1 aliphatic carbocycles. The van der Waals surface area contributed by atoms with Crippen molar-refractivity contribution in [3.05, 3.63) is 131 Å². The summed E-state index contributed by atoms with van der Waals surface area (Å²) in [4.78, 5) is 24.7. The van der Waals surface area contributed by atoms with E-state index in [1.165, 1.54) is 11.1 Å². The Balaban J connectivity index is 1.43. The lowest BCUT2D eigenvalue weighted by Gasteiger charge is -2.33. The van der Waals surface area contributed by atoms with Gasteiger partial charge < -0.3 is 10.1 Å². The molecule has 6 aromatic rings. The quantitative estimate of drug-likeness (QED) is 0.184. The van der Waals surface area contributed by atoms with Crippen LogP contribution in [0.3, 0.4) is 0 Å². The van der Waals surface area contributed by atoms with Gasteiger partial charge in [0.1, 0.15) is 11.3 Å². The Morgan fingerprint density at radius 2 is 1.30 bits per heavy atom. The molecular formula is C45H45N3O2. The first-order chi connectivity index (χ1) is 23.7. The van der Waals surface area contributed by atoms with Gasteiger partial charge in [-0.1, -0.05) is 134 Å². The van der Waals surface area contributed by atoms with E-state index in [2.05, 4.69) is 97.1 Å².